The molecule has 0 spiro atoms. The predicted octanol–water partition coefficient (Wildman–Crippen LogP) is 14.1. The highest BCUT2D eigenvalue weighted by atomic mass is 79.9. The average molecular weight is 1390 g/mol. The number of fused-ring (bicyclic) bond motifs is 1. The number of hydrogen-bond donors (Lipinski definition) is 3. The van der Waals surface area contributed by atoms with E-state index >= 15 is 0 Å². The van der Waals surface area contributed by atoms with Crippen molar-refractivity contribution >= 4 is 101 Å². The minimum Gasteiger partial charge on any atom is -0.488 e. The highest BCUT2D eigenvalue weighted by Crippen LogP contribution is 2.43. The maximum Gasteiger partial charge on any atom is 0.273 e. The zero-order chi connectivity index (χ0) is 65.0. The first kappa shape index (κ1) is 68.1. The lowest BCUT2D eigenvalue weighted by Gasteiger charge is -2.24. The monoisotopic (exact) mass is 1390 g/mol. The summed E-state index contributed by atoms with van der Waals surface area (Å²) < 4.78 is 156. The van der Waals surface area contributed by atoms with Crippen molar-refractivity contribution in [1.82, 2.24) is 0 Å². The highest BCUT2D eigenvalue weighted by Gasteiger charge is 2.25. The Bertz CT molecular complexity index is 4390. The summed E-state index contributed by atoms with van der Waals surface area (Å²) in [4.78, 5) is 33.7. The van der Waals surface area contributed by atoms with E-state index in [1.54, 1.807) is 78.1 Å². The first-order chi connectivity index (χ1) is 41.8. The van der Waals surface area contributed by atoms with Gasteiger partial charge in [-0.3, -0.25) is 39.2 Å². The molecule has 8 aromatic rings. The van der Waals surface area contributed by atoms with Crippen LogP contribution in [0, 0.1) is 37.7 Å². The summed E-state index contributed by atoms with van der Waals surface area (Å²) in [5, 5.41) is 21.7. The average Bonchev–Trinajstić information content (AvgIpc) is 3.15. The molecule has 1 fully saturated rings. The lowest BCUT2D eigenvalue weighted by atomic mass is 9.98. The quantitative estimate of drug-likeness (QED) is 0.0563. The van der Waals surface area contributed by atoms with Crippen LogP contribution in [-0.4, -0.2) is 80.4 Å². The second-order valence-corrected chi connectivity index (χ2v) is 29.7. The van der Waals surface area contributed by atoms with Gasteiger partial charge in [0.05, 0.1) is 72.6 Å². The normalized spacial score (nSPS) is 13.1. The Labute approximate surface area is 523 Å². The van der Waals surface area contributed by atoms with E-state index in [0.717, 1.165) is 88.4 Å². The lowest BCUT2D eigenvalue weighted by Crippen LogP contribution is -2.21. The Hall–Kier alpha value is -8.42. The maximum atomic E-state index is 13.8. The molecule has 2 aliphatic carbocycles. The molecule has 3 N–H and O–H groups in total. The first-order valence-corrected chi connectivity index (χ1v) is 35.5. The van der Waals surface area contributed by atoms with E-state index in [4.69, 9.17) is 14.2 Å². The van der Waals surface area contributed by atoms with Gasteiger partial charge in [-0.25, -0.2) is 46.8 Å². The van der Waals surface area contributed by atoms with Gasteiger partial charge in [-0.1, -0.05) is 48.9 Å². The molecule has 470 valence electrons. The molecule has 2 aliphatic rings. The molecule has 1 heterocycles. The summed E-state index contributed by atoms with van der Waals surface area (Å²) in [6.45, 7) is 0. The van der Waals surface area contributed by atoms with E-state index in [1.165, 1.54) is 66.9 Å². The zero-order valence-corrected chi connectivity index (χ0v) is 53.1. The number of nitrogens with one attached hydrogen (secondary N) is 3. The fourth-order valence-corrected chi connectivity index (χ4v) is 12.7. The van der Waals surface area contributed by atoms with Crippen LogP contribution in [0.25, 0.3) is 21.6 Å². The number of non-ortho nitro benzene ring substituents is 2. The van der Waals surface area contributed by atoms with Crippen LogP contribution in [0.3, 0.4) is 0 Å². The van der Waals surface area contributed by atoms with Crippen LogP contribution in [0.4, 0.5) is 41.6 Å². The summed E-state index contributed by atoms with van der Waals surface area (Å²) in [6, 6.07) is 36.8. The molecular formula is C59H55BrF3N5O16S5. The van der Waals surface area contributed by atoms with Gasteiger partial charge < -0.3 is 14.2 Å². The number of halogens is 4. The van der Waals surface area contributed by atoms with Crippen molar-refractivity contribution in [3.05, 3.63) is 204 Å². The molecule has 0 unspecified atom stereocenters. The lowest BCUT2D eigenvalue weighted by molar-refractivity contribution is -0.385. The first-order valence-electron chi connectivity index (χ1n) is 26.4. The number of hydrogen-bond acceptors (Lipinski definition) is 17. The Morgan fingerprint density at radius 1 is 0.539 bits per heavy atom. The minimum absolute atomic E-state index is 0.0270. The second kappa shape index (κ2) is 29.3. The number of aryl methyl sites for hydroxylation is 1. The van der Waals surface area contributed by atoms with Crippen LogP contribution in [0.2, 0.25) is 0 Å². The number of nitro groups is 2. The maximum absolute atomic E-state index is 13.8. The Balaban J connectivity index is 0.000000169. The van der Waals surface area contributed by atoms with Crippen LogP contribution in [0.1, 0.15) is 54.4 Å². The van der Waals surface area contributed by atoms with Crippen LogP contribution in [0.15, 0.2) is 160 Å². The number of ketones is 1. The van der Waals surface area contributed by atoms with E-state index in [-0.39, 0.29) is 69.1 Å². The molecule has 0 radical (unpaired) electrons. The van der Waals surface area contributed by atoms with Crippen LogP contribution in [-0.2, 0) is 46.3 Å². The van der Waals surface area contributed by atoms with Gasteiger partial charge in [0.1, 0.15) is 17.4 Å². The van der Waals surface area contributed by atoms with Crippen LogP contribution >= 0.6 is 27.3 Å². The van der Waals surface area contributed by atoms with Crippen molar-refractivity contribution in [1.29, 1.82) is 0 Å². The van der Waals surface area contributed by atoms with Gasteiger partial charge in [0.2, 0.25) is 30.1 Å². The second-order valence-electron chi connectivity index (χ2n) is 20.0. The molecule has 0 saturated heterocycles. The fourth-order valence-electron chi connectivity index (χ4n) is 8.76. The summed E-state index contributed by atoms with van der Waals surface area (Å²) in [5.41, 5.74) is 4.05. The van der Waals surface area contributed by atoms with Gasteiger partial charge in [0.15, 0.2) is 44.4 Å². The van der Waals surface area contributed by atoms with E-state index in [9.17, 15) is 71.9 Å². The van der Waals surface area contributed by atoms with Gasteiger partial charge >= 0.3 is 0 Å². The number of nitrogens with zero attached hydrogens (tertiary/aromatic N) is 2. The Morgan fingerprint density at radius 2 is 1.07 bits per heavy atom. The van der Waals surface area contributed by atoms with Crippen molar-refractivity contribution in [2.75, 3.05) is 39.2 Å². The number of benzene rings is 7. The van der Waals surface area contributed by atoms with E-state index < -0.39 is 61.4 Å². The number of anilines is 3. The van der Waals surface area contributed by atoms with E-state index in [2.05, 4.69) is 30.1 Å². The van der Waals surface area contributed by atoms with Crippen molar-refractivity contribution in [2.24, 2.45) is 0 Å². The third kappa shape index (κ3) is 20.6. The van der Waals surface area contributed by atoms with Crippen molar-refractivity contribution in [3.8, 4) is 50.3 Å². The summed E-state index contributed by atoms with van der Waals surface area (Å²) >= 11 is 5.04. The number of sulfone groups is 1. The summed E-state index contributed by atoms with van der Waals surface area (Å²) in [6.07, 6.45) is 9.97. The number of carbonyl (C=O) groups is 1. The summed E-state index contributed by atoms with van der Waals surface area (Å²) in [5.74, 6) is -1.68. The molecular weight excluding hydrogens is 1330 g/mol. The molecule has 1 saturated carbocycles. The van der Waals surface area contributed by atoms with Gasteiger partial charge in [-0.15, -0.1) is 11.3 Å². The van der Waals surface area contributed by atoms with Gasteiger partial charge in [0.25, 0.3) is 11.4 Å². The fraction of sp³-hybridized carbons (Fsp3) is 0.203. The number of para-hydroxylation sites is 1. The van der Waals surface area contributed by atoms with Gasteiger partial charge in [-0.05, 0) is 144 Å². The number of Topliss-reactive ketones (excluding diaryl/α,β-unsaturated/α-hetero) is 1. The van der Waals surface area contributed by atoms with Crippen molar-refractivity contribution in [3.63, 3.8) is 0 Å². The highest BCUT2D eigenvalue weighted by molar-refractivity contribution is 9.11. The number of ether oxygens (including phenoxy) is 3. The standard InChI is InChI=1S/C17H12BrFO2S2.C16H13F2NO4S.C13H18N2O5S.C13H12N2O5S/c1-23(20,21)14-8-4-11(5-9-14)15-10-16(18)22-17(15)12-2-6-13(19)7-3-12;1-24(21,22)19-13-6-9-2-4-14(20)11(9)8-16(13)23-15-5-3-10(17)7-12(15)18;2*1-21(18,19)14-12-8-7-10(15(16)17)9-13(12)20-11-5-3-2-4-6-11/h2-10H,1H3;3,5-8,19H,2,4H2,1H3;7-9,11,14H,2-6H2,1H3;2-9,14H,1H3. The minimum atomic E-state index is -3.61. The molecule has 30 heteroatoms. The largest absolute Gasteiger partial charge is 0.488 e. The molecule has 89 heavy (non-hydrogen) atoms. The summed E-state index contributed by atoms with van der Waals surface area (Å²) in [7, 11) is -13.8. The molecule has 1 aromatic heterocycles. The van der Waals surface area contributed by atoms with Gasteiger partial charge in [0, 0.05) is 46.9 Å². The van der Waals surface area contributed by atoms with E-state index in [0.29, 0.717) is 40.7 Å². The Morgan fingerprint density at radius 3 is 1.62 bits per heavy atom. The molecule has 0 aliphatic heterocycles. The molecule has 10 rings (SSSR count). The van der Waals surface area contributed by atoms with Crippen molar-refractivity contribution in [2.45, 2.75) is 55.9 Å². The third-order valence-corrected chi connectivity index (χ3v) is 17.3. The SMILES string of the molecule is CS(=O)(=O)Nc1cc2c(cc1Oc1ccc(F)cc1F)C(=O)CC2.CS(=O)(=O)Nc1ccc([N+](=O)[O-])cc1OC1CCCCC1.CS(=O)(=O)Nc1ccc([N+](=O)[O-])cc1Oc1ccccc1.CS(=O)(=O)c1ccc(-c2cc(Br)sc2-c2ccc(F)cc2)cc1. The number of sulfonamides is 3. The zero-order valence-electron chi connectivity index (χ0n) is 47.4. The molecule has 21 nitrogen and oxygen atoms in total. The smallest absolute Gasteiger partial charge is 0.273 e. The number of nitro benzene ring substituents is 2. The predicted molar refractivity (Wildman–Crippen MR) is 337 cm³/mol. The molecule has 0 amide bonds. The van der Waals surface area contributed by atoms with Crippen LogP contribution in [0.5, 0.6) is 28.7 Å². The molecule has 0 atom stereocenters. The topological polar surface area (TPSA) is 304 Å². The number of thiophene rings is 1. The Kier molecular flexibility index (Phi) is 22.4. The molecule has 7 aromatic carbocycles. The number of rotatable bonds is 17. The molecule has 0 bridgehead atoms. The third-order valence-electron chi connectivity index (χ3n) is 12.7. The van der Waals surface area contributed by atoms with Crippen LogP contribution < -0.4 is 28.4 Å². The van der Waals surface area contributed by atoms with E-state index in [1.807, 2.05) is 6.07 Å². The number of carbonyl (C=O) groups excluding carboxylic acids is 1. The van der Waals surface area contributed by atoms with Gasteiger partial charge in [-0.2, -0.15) is 0 Å². The van der Waals surface area contributed by atoms with Crippen molar-refractivity contribution < 1.29 is 75.7 Å².